The Kier molecular flexibility index (Phi) is 6.78. The summed E-state index contributed by atoms with van der Waals surface area (Å²) in [4.78, 5) is 15.4. The minimum atomic E-state index is 0.616. The lowest BCUT2D eigenvalue weighted by Gasteiger charge is -2.13. The summed E-state index contributed by atoms with van der Waals surface area (Å²) in [5, 5.41) is 6.66. The van der Waals surface area contributed by atoms with Crippen LogP contribution in [0.25, 0.3) is 99.9 Å². The lowest BCUT2D eigenvalue weighted by atomic mass is 9.94. The van der Waals surface area contributed by atoms with Gasteiger partial charge in [-0.3, -0.25) is 0 Å². The van der Waals surface area contributed by atoms with Crippen LogP contribution in [0.3, 0.4) is 0 Å². The first-order valence-corrected chi connectivity index (χ1v) is 17.1. The van der Waals surface area contributed by atoms with Crippen LogP contribution < -0.4 is 0 Å². The van der Waals surface area contributed by atoms with Crippen molar-refractivity contribution in [2.75, 3.05) is 0 Å². The van der Waals surface area contributed by atoms with Crippen LogP contribution in [0.2, 0.25) is 0 Å². The number of hydrogen-bond donors (Lipinski definition) is 0. The van der Waals surface area contributed by atoms with Gasteiger partial charge in [-0.25, -0.2) is 15.0 Å². The fourth-order valence-corrected chi connectivity index (χ4v) is 7.17. The van der Waals surface area contributed by atoms with Gasteiger partial charge in [0, 0.05) is 27.5 Å². The molecule has 0 radical (unpaired) electrons. The molecule has 0 aliphatic carbocycles. The Bertz CT molecular complexity index is 2900. The fourth-order valence-electron chi connectivity index (χ4n) is 7.17. The molecule has 0 bridgehead atoms. The molecule has 0 atom stereocenters. The van der Waals surface area contributed by atoms with Gasteiger partial charge < -0.3 is 4.42 Å². The van der Waals surface area contributed by atoms with Crippen LogP contribution in [-0.4, -0.2) is 15.0 Å². The maximum absolute atomic E-state index is 6.24. The van der Waals surface area contributed by atoms with Gasteiger partial charge in [-0.05, 0) is 74.1 Å². The summed E-state index contributed by atoms with van der Waals surface area (Å²) < 4.78 is 6.24. The number of nitrogens with zero attached hydrogens (tertiary/aromatic N) is 3. The third-order valence-electron chi connectivity index (χ3n) is 9.73. The normalized spacial score (nSPS) is 11.5. The molecule has 0 fully saturated rings. The van der Waals surface area contributed by atoms with E-state index in [2.05, 4.69) is 146 Å². The second-order valence-electron chi connectivity index (χ2n) is 12.8. The Labute approximate surface area is 294 Å². The third-order valence-corrected chi connectivity index (χ3v) is 9.73. The molecule has 51 heavy (non-hydrogen) atoms. The highest BCUT2D eigenvalue weighted by molar-refractivity contribution is 6.10. The van der Waals surface area contributed by atoms with Crippen molar-refractivity contribution in [2.45, 2.75) is 0 Å². The van der Waals surface area contributed by atoms with Gasteiger partial charge >= 0.3 is 0 Å². The molecule has 0 spiro atoms. The number of hydrogen-bond acceptors (Lipinski definition) is 4. The summed E-state index contributed by atoms with van der Waals surface area (Å²) in [7, 11) is 0. The maximum atomic E-state index is 6.24. The molecule has 0 saturated carbocycles. The summed E-state index contributed by atoms with van der Waals surface area (Å²) >= 11 is 0. The molecule has 0 unspecified atom stereocenters. The minimum Gasteiger partial charge on any atom is -0.456 e. The number of para-hydroxylation sites is 1. The van der Waals surface area contributed by atoms with Gasteiger partial charge in [0.25, 0.3) is 0 Å². The first kappa shape index (κ1) is 29.0. The zero-order valence-corrected chi connectivity index (χ0v) is 27.5. The van der Waals surface area contributed by atoms with E-state index in [-0.39, 0.29) is 0 Å². The van der Waals surface area contributed by atoms with Gasteiger partial charge in [0.2, 0.25) is 0 Å². The molecule has 0 aliphatic rings. The van der Waals surface area contributed by atoms with E-state index in [1.54, 1.807) is 0 Å². The van der Waals surface area contributed by atoms with Crippen molar-refractivity contribution in [3.05, 3.63) is 176 Å². The highest BCUT2D eigenvalue weighted by atomic mass is 16.3. The van der Waals surface area contributed by atoms with E-state index in [1.807, 2.05) is 30.3 Å². The van der Waals surface area contributed by atoms with Crippen LogP contribution in [0, 0.1) is 0 Å². The molecule has 4 nitrogen and oxygen atoms in total. The number of fused-ring (bicyclic) bond motifs is 5. The van der Waals surface area contributed by atoms with Gasteiger partial charge in [-0.2, -0.15) is 0 Å². The Morgan fingerprint density at radius 3 is 1.61 bits per heavy atom. The number of aromatic nitrogens is 3. The van der Waals surface area contributed by atoms with Crippen molar-refractivity contribution in [1.82, 2.24) is 15.0 Å². The number of furan rings is 1. The average Bonchev–Trinajstić information content (AvgIpc) is 3.57. The lowest BCUT2D eigenvalue weighted by Crippen LogP contribution is -2.01. The van der Waals surface area contributed by atoms with Crippen LogP contribution in [0.15, 0.2) is 180 Å². The summed E-state index contributed by atoms with van der Waals surface area (Å²) in [6, 6.07) is 61.1. The van der Waals surface area contributed by atoms with Crippen LogP contribution in [-0.2, 0) is 0 Å². The minimum absolute atomic E-state index is 0.616. The van der Waals surface area contributed by atoms with Gasteiger partial charge in [0.1, 0.15) is 11.2 Å². The second-order valence-corrected chi connectivity index (χ2v) is 12.8. The van der Waals surface area contributed by atoms with Crippen molar-refractivity contribution >= 4 is 43.5 Å². The summed E-state index contributed by atoms with van der Waals surface area (Å²) in [6.07, 6.45) is 0. The quantitative estimate of drug-likeness (QED) is 0.186. The standard InChI is InChI=1S/C47H29N3O/c1-3-11-30(12-4-1)31-19-21-33(22-20-31)45-48-46(35-24-23-34-28-42-40-17-9-10-18-43(40)51-44(42)29-36(34)27-35)50-47(49-45)41-26-25-37(32-13-5-2-6-14-32)38-15-7-8-16-39(38)41/h1-29H. The molecule has 10 rings (SSSR count). The van der Waals surface area contributed by atoms with Gasteiger partial charge in [-0.15, -0.1) is 0 Å². The molecule has 4 heteroatoms. The third kappa shape index (κ3) is 5.13. The second kappa shape index (κ2) is 11.9. The van der Waals surface area contributed by atoms with Crippen molar-refractivity contribution in [2.24, 2.45) is 0 Å². The SMILES string of the molecule is c1ccc(-c2ccc(-c3nc(-c4ccc5cc6c(cc5c4)oc4ccccc46)nc(-c4ccc(-c5ccccc5)c5ccccc45)n3)cc2)cc1. The Morgan fingerprint density at radius 2 is 0.843 bits per heavy atom. The summed E-state index contributed by atoms with van der Waals surface area (Å²) in [6.45, 7) is 0. The van der Waals surface area contributed by atoms with Gasteiger partial charge in [-0.1, -0.05) is 146 Å². The van der Waals surface area contributed by atoms with Crippen LogP contribution in [0.1, 0.15) is 0 Å². The molecule has 0 saturated heterocycles. The van der Waals surface area contributed by atoms with Crippen LogP contribution in [0.4, 0.5) is 0 Å². The Morgan fingerprint density at radius 1 is 0.294 bits per heavy atom. The van der Waals surface area contributed by atoms with Crippen molar-refractivity contribution in [3.8, 4) is 56.4 Å². The first-order chi connectivity index (χ1) is 25.2. The molecule has 238 valence electrons. The number of benzene rings is 8. The molecule has 2 heterocycles. The first-order valence-electron chi connectivity index (χ1n) is 17.1. The van der Waals surface area contributed by atoms with Crippen molar-refractivity contribution in [3.63, 3.8) is 0 Å². The molecule has 8 aromatic carbocycles. The average molecular weight is 652 g/mol. The van der Waals surface area contributed by atoms with Gasteiger partial charge in [0.15, 0.2) is 17.5 Å². The summed E-state index contributed by atoms with van der Waals surface area (Å²) in [5.41, 5.74) is 9.20. The maximum Gasteiger partial charge on any atom is 0.164 e. The highest BCUT2D eigenvalue weighted by Gasteiger charge is 2.17. The molecule has 10 aromatic rings. The predicted molar refractivity (Wildman–Crippen MR) is 209 cm³/mol. The molecule has 0 N–H and O–H groups in total. The number of rotatable bonds is 5. The predicted octanol–water partition coefficient (Wildman–Crippen LogP) is 12.4. The van der Waals surface area contributed by atoms with E-state index in [0.29, 0.717) is 17.5 Å². The highest BCUT2D eigenvalue weighted by Crippen LogP contribution is 2.37. The molecular formula is C47H29N3O. The van der Waals surface area contributed by atoms with Gasteiger partial charge in [0.05, 0.1) is 0 Å². The largest absolute Gasteiger partial charge is 0.456 e. The fraction of sp³-hybridized carbons (Fsp3) is 0. The van der Waals surface area contributed by atoms with Crippen LogP contribution in [0.5, 0.6) is 0 Å². The van der Waals surface area contributed by atoms with E-state index in [1.165, 1.54) is 16.7 Å². The zero-order valence-electron chi connectivity index (χ0n) is 27.5. The summed E-state index contributed by atoms with van der Waals surface area (Å²) in [5.74, 6) is 1.87. The Balaban J connectivity index is 1.15. The molecule has 2 aromatic heterocycles. The van der Waals surface area contributed by atoms with E-state index >= 15 is 0 Å². The molecule has 0 aliphatic heterocycles. The van der Waals surface area contributed by atoms with Crippen molar-refractivity contribution in [1.29, 1.82) is 0 Å². The molecule has 0 amide bonds. The van der Waals surface area contributed by atoms with Crippen LogP contribution >= 0.6 is 0 Å². The Hall–Kier alpha value is -6.91. The van der Waals surface area contributed by atoms with E-state index in [4.69, 9.17) is 19.4 Å². The van der Waals surface area contributed by atoms with E-state index in [9.17, 15) is 0 Å². The van der Waals surface area contributed by atoms with Crippen molar-refractivity contribution < 1.29 is 4.42 Å². The van der Waals surface area contributed by atoms with E-state index in [0.717, 1.165) is 65.7 Å². The smallest absolute Gasteiger partial charge is 0.164 e. The lowest BCUT2D eigenvalue weighted by molar-refractivity contribution is 0.669. The topological polar surface area (TPSA) is 51.8 Å². The molecular weight excluding hydrogens is 623 g/mol. The van der Waals surface area contributed by atoms with E-state index < -0.39 is 0 Å². The monoisotopic (exact) mass is 651 g/mol. The zero-order chi connectivity index (χ0) is 33.7.